The summed E-state index contributed by atoms with van der Waals surface area (Å²) in [7, 11) is 1.53. The van der Waals surface area contributed by atoms with E-state index in [-0.39, 0.29) is 0 Å². The summed E-state index contributed by atoms with van der Waals surface area (Å²) in [5, 5.41) is 8.76. The fourth-order valence-corrected chi connectivity index (χ4v) is 1.03. The summed E-state index contributed by atoms with van der Waals surface area (Å²) in [5.74, 6) is 5.50. The molecule has 13 heavy (non-hydrogen) atoms. The SMILES string of the molecule is COc1cc(C#CC#N)ccc1Cl. The number of ether oxygens (including phenoxy) is 1. The van der Waals surface area contributed by atoms with Gasteiger partial charge < -0.3 is 4.74 Å². The highest BCUT2D eigenvalue weighted by Crippen LogP contribution is 2.24. The molecule has 1 rings (SSSR count). The number of halogens is 1. The van der Waals surface area contributed by atoms with Crippen LogP contribution in [0.4, 0.5) is 0 Å². The van der Waals surface area contributed by atoms with Crippen LogP contribution in [0.3, 0.4) is 0 Å². The Labute approximate surface area is 81.7 Å². The monoisotopic (exact) mass is 191 g/mol. The van der Waals surface area contributed by atoms with Crippen LogP contribution in [0.15, 0.2) is 18.2 Å². The first-order chi connectivity index (χ1) is 6.27. The number of benzene rings is 1. The first kappa shape index (κ1) is 9.45. The van der Waals surface area contributed by atoms with Crippen molar-refractivity contribution >= 4 is 11.6 Å². The molecule has 0 N–H and O–H groups in total. The van der Waals surface area contributed by atoms with Gasteiger partial charge in [-0.1, -0.05) is 17.5 Å². The quantitative estimate of drug-likeness (QED) is 0.638. The molecule has 0 spiro atoms. The summed E-state index contributed by atoms with van der Waals surface area (Å²) < 4.78 is 4.98. The van der Waals surface area contributed by atoms with E-state index in [1.807, 2.05) is 0 Å². The molecule has 0 radical (unpaired) electrons. The number of nitrogens with zero attached hydrogens (tertiary/aromatic N) is 1. The molecule has 0 saturated carbocycles. The molecule has 64 valence electrons. The van der Waals surface area contributed by atoms with Crippen LogP contribution >= 0.6 is 11.6 Å². The molecule has 0 heterocycles. The van der Waals surface area contributed by atoms with Gasteiger partial charge in [-0.15, -0.1) is 0 Å². The van der Waals surface area contributed by atoms with Gasteiger partial charge in [0, 0.05) is 11.5 Å². The van der Waals surface area contributed by atoms with Gasteiger partial charge in [0.15, 0.2) is 6.07 Å². The third-order valence-electron chi connectivity index (χ3n) is 1.41. The minimum Gasteiger partial charge on any atom is -0.495 e. The molecule has 0 saturated heterocycles. The Morgan fingerprint density at radius 2 is 2.23 bits per heavy atom. The van der Waals surface area contributed by atoms with Gasteiger partial charge >= 0.3 is 0 Å². The summed E-state index contributed by atoms with van der Waals surface area (Å²) in [4.78, 5) is 0. The second kappa shape index (κ2) is 4.40. The van der Waals surface area contributed by atoms with Gasteiger partial charge in [0.25, 0.3) is 0 Å². The van der Waals surface area contributed by atoms with Crippen molar-refractivity contribution in [2.24, 2.45) is 0 Å². The molecule has 2 nitrogen and oxygen atoms in total. The second-order valence-corrected chi connectivity index (χ2v) is 2.62. The van der Waals surface area contributed by atoms with Crippen LogP contribution in [0.25, 0.3) is 0 Å². The van der Waals surface area contributed by atoms with Crippen molar-refractivity contribution in [1.29, 1.82) is 5.26 Å². The van der Waals surface area contributed by atoms with Crippen LogP contribution in [0.1, 0.15) is 5.56 Å². The van der Waals surface area contributed by atoms with Crippen molar-refractivity contribution in [2.75, 3.05) is 7.11 Å². The minimum atomic E-state index is 0.532. The molecule has 0 unspecified atom stereocenters. The summed E-state index contributed by atoms with van der Waals surface area (Å²) >= 11 is 5.79. The fraction of sp³-hybridized carbons (Fsp3) is 0.100. The molecular formula is C10H6ClNO. The molecule has 0 aromatic heterocycles. The largest absolute Gasteiger partial charge is 0.495 e. The van der Waals surface area contributed by atoms with Crippen LogP contribution in [0.5, 0.6) is 5.75 Å². The molecule has 0 aliphatic heterocycles. The lowest BCUT2D eigenvalue weighted by molar-refractivity contribution is 0.415. The van der Waals surface area contributed by atoms with Crippen molar-refractivity contribution in [3.63, 3.8) is 0 Å². The second-order valence-electron chi connectivity index (χ2n) is 2.21. The van der Waals surface area contributed by atoms with Gasteiger partial charge in [-0.2, -0.15) is 5.26 Å². The molecule has 1 aromatic carbocycles. The molecule has 3 heteroatoms. The van der Waals surface area contributed by atoms with E-state index in [1.165, 1.54) is 7.11 Å². The molecule has 1 aromatic rings. The van der Waals surface area contributed by atoms with Gasteiger partial charge in [0.1, 0.15) is 5.75 Å². The van der Waals surface area contributed by atoms with Gasteiger partial charge in [0.05, 0.1) is 12.1 Å². The molecule has 0 atom stereocenters. The Morgan fingerprint density at radius 1 is 1.46 bits per heavy atom. The standard InChI is InChI=1S/C10H6ClNO/c1-13-10-7-8(3-2-6-12)4-5-9(10)11/h4-5,7H,1H3. The lowest BCUT2D eigenvalue weighted by Gasteiger charge is -2.01. The highest BCUT2D eigenvalue weighted by Gasteiger charge is 1.99. The number of methoxy groups -OCH3 is 1. The normalized spacial score (nSPS) is 8.08. The first-order valence-corrected chi connectivity index (χ1v) is 3.89. The molecule has 0 fully saturated rings. The van der Waals surface area contributed by atoms with E-state index in [0.29, 0.717) is 16.3 Å². The van der Waals surface area contributed by atoms with Crippen LogP contribution in [-0.2, 0) is 0 Å². The predicted octanol–water partition coefficient (Wildman–Crippen LogP) is 2.22. The molecule has 0 bridgehead atoms. The fourth-order valence-electron chi connectivity index (χ4n) is 0.838. The lowest BCUT2D eigenvalue weighted by Crippen LogP contribution is -1.84. The highest BCUT2D eigenvalue weighted by atomic mass is 35.5. The third kappa shape index (κ3) is 2.40. The Morgan fingerprint density at radius 3 is 2.85 bits per heavy atom. The maximum Gasteiger partial charge on any atom is 0.152 e. The number of rotatable bonds is 1. The Bertz CT molecular complexity index is 409. The topological polar surface area (TPSA) is 33.0 Å². The zero-order valence-electron chi connectivity index (χ0n) is 6.97. The zero-order valence-corrected chi connectivity index (χ0v) is 7.72. The summed E-state index contributed by atoms with van der Waals surface area (Å²) in [6.45, 7) is 0. The van der Waals surface area contributed by atoms with E-state index in [0.717, 1.165) is 0 Å². The van der Waals surface area contributed by atoms with Gasteiger partial charge in [-0.25, -0.2) is 0 Å². The zero-order chi connectivity index (χ0) is 9.68. The highest BCUT2D eigenvalue weighted by molar-refractivity contribution is 6.32. The summed E-state index contributed by atoms with van der Waals surface area (Å²) in [5.41, 5.74) is 0.711. The van der Waals surface area contributed by atoms with Gasteiger partial charge in [0.2, 0.25) is 0 Å². The third-order valence-corrected chi connectivity index (χ3v) is 1.73. The van der Waals surface area contributed by atoms with Crippen molar-refractivity contribution in [2.45, 2.75) is 0 Å². The summed E-state index contributed by atoms with van der Waals surface area (Å²) in [6.07, 6.45) is 0. The van der Waals surface area contributed by atoms with E-state index in [4.69, 9.17) is 21.6 Å². The van der Waals surface area contributed by atoms with Crippen LogP contribution in [0.2, 0.25) is 5.02 Å². The van der Waals surface area contributed by atoms with E-state index >= 15 is 0 Å². The molecule has 0 amide bonds. The van der Waals surface area contributed by atoms with E-state index in [2.05, 4.69) is 11.8 Å². The van der Waals surface area contributed by atoms with Crippen LogP contribution in [0, 0.1) is 23.2 Å². The average molecular weight is 192 g/mol. The Kier molecular flexibility index (Phi) is 3.20. The van der Waals surface area contributed by atoms with Crippen LogP contribution in [-0.4, -0.2) is 7.11 Å². The number of hydrogen-bond donors (Lipinski definition) is 0. The maximum absolute atomic E-state index is 8.23. The van der Waals surface area contributed by atoms with E-state index in [1.54, 1.807) is 24.3 Å². The molecule has 0 aliphatic carbocycles. The lowest BCUT2D eigenvalue weighted by atomic mass is 10.2. The van der Waals surface area contributed by atoms with Gasteiger partial charge in [-0.05, 0) is 18.2 Å². The minimum absolute atomic E-state index is 0.532. The smallest absolute Gasteiger partial charge is 0.152 e. The average Bonchev–Trinajstić information content (AvgIpc) is 2.16. The first-order valence-electron chi connectivity index (χ1n) is 3.51. The van der Waals surface area contributed by atoms with Crippen molar-refractivity contribution in [3.8, 4) is 23.7 Å². The Hall–Kier alpha value is -1.64. The predicted molar refractivity (Wildman–Crippen MR) is 50.5 cm³/mol. The number of hydrogen-bond acceptors (Lipinski definition) is 2. The van der Waals surface area contributed by atoms with Crippen molar-refractivity contribution in [3.05, 3.63) is 28.8 Å². The number of nitriles is 1. The van der Waals surface area contributed by atoms with Gasteiger partial charge in [-0.3, -0.25) is 0 Å². The van der Waals surface area contributed by atoms with Crippen molar-refractivity contribution < 1.29 is 4.74 Å². The van der Waals surface area contributed by atoms with Crippen LogP contribution < -0.4 is 4.74 Å². The van der Waals surface area contributed by atoms with E-state index in [9.17, 15) is 0 Å². The molecule has 0 aliphatic rings. The Balaban J connectivity index is 3.08. The maximum atomic E-state index is 8.23. The molecular weight excluding hydrogens is 186 g/mol. The summed E-state index contributed by atoms with van der Waals surface area (Å²) in [6, 6.07) is 6.83. The van der Waals surface area contributed by atoms with E-state index < -0.39 is 0 Å². The van der Waals surface area contributed by atoms with Crippen molar-refractivity contribution in [1.82, 2.24) is 0 Å².